The van der Waals surface area contributed by atoms with Gasteiger partial charge in [0.1, 0.15) is 5.75 Å². The largest absolute Gasteiger partial charge is 0.497 e. The molecule has 2 aromatic rings. The van der Waals surface area contributed by atoms with Crippen LogP contribution in [0, 0.1) is 6.92 Å². The first kappa shape index (κ1) is 13.4. The lowest BCUT2D eigenvalue weighted by Crippen LogP contribution is -2.12. The first-order chi connectivity index (χ1) is 9.01. The molecule has 1 N–H and O–H groups in total. The summed E-state index contributed by atoms with van der Waals surface area (Å²) in [6.07, 6.45) is 0. The van der Waals surface area contributed by atoms with Gasteiger partial charge in [0.25, 0.3) is 10.0 Å². The molecular formula is C14H15NO3S. The van der Waals surface area contributed by atoms with Gasteiger partial charge >= 0.3 is 0 Å². The summed E-state index contributed by atoms with van der Waals surface area (Å²) in [4.78, 5) is 0.244. The fourth-order valence-electron chi connectivity index (χ4n) is 1.59. The van der Waals surface area contributed by atoms with E-state index in [1.807, 2.05) is 6.92 Å². The molecule has 0 saturated heterocycles. The molecule has 2 rings (SSSR count). The van der Waals surface area contributed by atoms with Crippen molar-refractivity contribution in [2.75, 3.05) is 11.8 Å². The SMILES string of the molecule is COc1ccc(NS(=O)(=O)c2ccc(C)cc2)cc1. The molecular weight excluding hydrogens is 262 g/mol. The number of ether oxygens (including phenoxy) is 1. The summed E-state index contributed by atoms with van der Waals surface area (Å²) in [6, 6.07) is 13.4. The Bertz CT molecular complexity index is 646. The van der Waals surface area contributed by atoms with Crippen molar-refractivity contribution in [2.45, 2.75) is 11.8 Å². The van der Waals surface area contributed by atoms with Gasteiger partial charge in [-0.2, -0.15) is 0 Å². The third-order valence-electron chi connectivity index (χ3n) is 2.67. The molecule has 2 aromatic carbocycles. The minimum atomic E-state index is -3.54. The average Bonchev–Trinajstić information content (AvgIpc) is 2.40. The molecule has 0 saturated carbocycles. The standard InChI is InChI=1S/C14H15NO3S/c1-11-3-9-14(10-4-11)19(16,17)15-12-5-7-13(18-2)8-6-12/h3-10,15H,1-2H3. The topological polar surface area (TPSA) is 55.4 Å². The molecule has 19 heavy (non-hydrogen) atoms. The van der Waals surface area contributed by atoms with Crippen LogP contribution in [-0.2, 0) is 10.0 Å². The zero-order chi connectivity index (χ0) is 13.9. The molecule has 0 aliphatic heterocycles. The van der Waals surface area contributed by atoms with Gasteiger partial charge in [-0.25, -0.2) is 8.42 Å². The van der Waals surface area contributed by atoms with Crippen molar-refractivity contribution in [3.63, 3.8) is 0 Å². The molecule has 0 aliphatic rings. The Labute approximate surface area is 113 Å². The number of sulfonamides is 1. The summed E-state index contributed by atoms with van der Waals surface area (Å²) in [5.74, 6) is 0.679. The second-order valence-corrected chi connectivity index (χ2v) is 5.83. The maximum absolute atomic E-state index is 12.1. The van der Waals surface area contributed by atoms with Crippen LogP contribution in [0.5, 0.6) is 5.75 Å². The third-order valence-corrected chi connectivity index (χ3v) is 4.07. The number of rotatable bonds is 4. The Hall–Kier alpha value is -2.01. The Morgan fingerprint density at radius 1 is 0.947 bits per heavy atom. The van der Waals surface area contributed by atoms with Crippen LogP contribution < -0.4 is 9.46 Å². The van der Waals surface area contributed by atoms with Gasteiger partial charge in [0.05, 0.1) is 12.0 Å². The van der Waals surface area contributed by atoms with Crippen molar-refractivity contribution in [2.24, 2.45) is 0 Å². The third kappa shape index (κ3) is 3.26. The van der Waals surface area contributed by atoms with Crippen LogP contribution in [0.15, 0.2) is 53.4 Å². The fraction of sp³-hybridized carbons (Fsp3) is 0.143. The van der Waals surface area contributed by atoms with Gasteiger partial charge in [-0.3, -0.25) is 4.72 Å². The maximum Gasteiger partial charge on any atom is 0.261 e. The Kier molecular flexibility index (Phi) is 3.76. The van der Waals surface area contributed by atoms with E-state index in [9.17, 15) is 8.42 Å². The monoisotopic (exact) mass is 277 g/mol. The van der Waals surface area contributed by atoms with Gasteiger partial charge in [-0.15, -0.1) is 0 Å². The predicted octanol–water partition coefficient (Wildman–Crippen LogP) is 2.80. The fourth-order valence-corrected chi connectivity index (χ4v) is 2.65. The first-order valence-corrected chi connectivity index (χ1v) is 7.23. The Morgan fingerprint density at radius 2 is 1.53 bits per heavy atom. The van der Waals surface area contributed by atoms with Crippen molar-refractivity contribution in [3.05, 3.63) is 54.1 Å². The molecule has 0 atom stereocenters. The average molecular weight is 277 g/mol. The highest BCUT2D eigenvalue weighted by atomic mass is 32.2. The molecule has 0 spiro atoms. The van der Waals surface area contributed by atoms with E-state index < -0.39 is 10.0 Å². The van der Waals surface area contributed by atoms with E-state index in [2.05, 4.69) is 4.72 Å². The van der Waals surface area contributed by atoms with Gasteiger partial charge in [-0.05, 0) is 43.3 Å². The zero-order valence-electron chi connectivity index (χ0n) is 10.8. The lowest BCUT2D eigenvalue weighted by atomic mass is 10.2. The van der Waals surface area contributed by atoms with Gasteiger partial charge in [-0.1, -0.05) is 17.7 Å². The van der Waals surface area contributed by atoms with E-state index in [1.54, 1.807) is 55.6 Å². The van der Waals surface area contributed by atoms with Crippen molar-refractivity contribution in [3.8, 4) is 5.75 Å². The number of benzene rings is 2. The number of hydrogen-bond donors (Lipinski definition) is 1. The van der Waals surface area contributed by atoms with Crippen LogP contribution in [0.1, 0.15) is 5.56 Å². The highest BCUT2D eigenvalue weighted by molar-refractivity contribution is 7.92. The van der Waals surface area contributed by atoms with E-state index in [0.29, 0.717) is 11.4 Å². The predicted molar refractivity (Wildman–Crippen MR) is 75.0 cm³/mol. The molecule has 0 heterocycles. The highest BCUT2D eigenvalue weighted by Crippen LogP contribution is 2.19. The van der Waals surface area contributed by atoms with E-state index in [4.69, 9.17) is 4.74 Å². The van der Waals surface area contributed by atoms with Crippen LogP contribution in [0.2, 0.25) is 0 Å². The number of anilines is 1. The molecule has 0 bridgehead atoms. The van der Waals surface area contributed by atoms with Gasteiger partial charge in [0.2, 0.25) is 0 Å². The van der Waals surface area contributed by atoms with Crippen molar-refractivity contribution < 1.29 is 13.2 Å². The maximum atomic E-state index is 12.1. The minimum absolute atomic E-state index is 0.244. The summed E-state index contributed by atoms with van der Waals surface area (Å²) in [5, 5.41) is 0. The van der Waals surface area contributed by atoms with Gasteiger partial charge < -0.3 is 4.74 Å². The van der Waals surface area contributed by atoms with Crippen molar-refractivity contribution >= 4 is 15.7 Å². The first-order valence-electron chi connectivity index (χ1n) is 5.75. The molecule has 100 valence electrons. The van der Waals surface area contributed by atoms with Crippen LogP contribution in [0.4, 0.5) is 5.69 Å². The molecule has 5 heteroatoms. The highest BCUT2D eigenvalue weighted by Gasteiger charge is 2.13. The van der Waals surface area contributed by atoms with Crippen molar-refractivity contribution in [1.82, 2.24) is 0 Å². The second-order valence-electron chi connectivity index (χ2n) is 4.15. The van der Waals surface area contributed by atoms with E-state index in [1.165, 1.54) is 0 Å². The van der Waals surface area contributed by atoms with Crippen LogP contribution >= 0.6 is 0 Å². The number of methoxy groups -OCH3 is 1. The quantitative estimate of drug-likeness (QED) is 0.935. The summed E-state index contributed by atoms with van der Waals surface area (Å²) < 4.78 is 31.8. The summed E-state index contributed by atoms with van der Waals surface area (Å²) in [7, 11) is -1.98. The van der Waals surface area contributed by atoms with Crippen LogP contribution in [-0.4, -0.2) is 15.5 Å². The van der Waals surface area contributed by atoms with E-state index >= 15 is 0 Å². The normalized spacial score (nSPS) is 11.1. The van der Waals surface area contributed by atoms with Gasteiger partial charge in [0, 0.05) is 5.69 Å². The smallest absolute Gasteiger partial charge is 0.261 e. The molecule has 0 unspecified atom stereocenters. The zero-order valence-corrected chi connectivity index (χ0v) is 11.6. The molecule has 0 amide bonds. The van der Waals surface area contributed by atoms with E-state index in [0.717, 1.165) is 5.56 Å². The summed E-state index contributed by atoms with van der Waals surface area (Å²) >= 11 is 0. The Balaban J connectivity index is 2.23. The molecule has 4 nitrogen and oxygen atoms in total. The van der Waals surface area contributed by atoms with Crippen LogP contribution in [0.25, 0.3) is 0 Å². The molecule has 0 fully saturated rings. The lowest BCUT2D eigenvalue weighted by molar-refractivity contribution is 0.415. The molecule has 0 aromatic heterocycles. The summed E-state index contributed by atoms with van der Waals surface area (Å²) in [6.45, 7) is 1.91. The minimum Gasteiger partial charge on any atom is -0.497 e. The van der Waals surface area contributed by atoms with Gasteiger partial charge in [0.15, 0.2) is 0 Å². The number of hydrogen-bond acceptors (Lipinski definition) is 3. The number of nitrogens with one attached hydrogen (secondary N) is 1. The van der Waals surface area contributed by atoms with Crippen LogP contribution in [0.3, 0.4) is 0 Å². The lowest BCUT2D eigenvalue weighted by Gasteiger charge is -2.08. The number of aryl methyl sites for hydroxylation is 1. The van der Waals surface area contributed by atoms with E-state index in [-0.39, 0.29) is 4.90 Å². The van der Waals surface area contributed by atoms with Crippen molar-refractivity contribution in [1.29, 1.82) is 0 Å². The Morgan fingerprint density at radius 3 is 2.05 bits per heavy atom. The summed E-state index contributed by atoms with van der Waals surface area (Å²) in [5.41, 5.74) is 1.52. The molecule has 0 radical (unpaired) electrons. The second kappa shape index (κ2) is 5.32. The molecule has 0 aliphatic carbocycles.